The van der Waals surface area contributed by atoms with Crippen LogP contribution in [0.25, 0.3) is 0 Å². The molecule has 1 unspecified atom stereocenters. The van der Waals surface area contributed by atoms with Gasteiger partial charge < -0.3 is 10.6 Å². The lowest BCUT2D eigenvalue weighted by Crippen LogP contribution is -2.52. The van der Waals surface area contributed by atoms with Gasteiger partial charge in [0, 0.05) is 43.9 Å². The second-order valence-electron chi connectivity index (χ2n) is 8.33. The van der Waals surface area contributed by atoms with Crippen molar-refractivity contribution in [2.75, 3.05) is 12.3 Å². The Hall–Kier alpha value is -3.19. The van der Waals surface area contributed by atoms with Crippen LogP contribution in [0.5, 0.6) is 0 Å². The molecular weight excluding hydrogens is 380 g/mol. The Morgan fingerprint density at radius 1 is 1.03 bits per heavy atom. The first kappa shape index (κ1) is 18.8. The number of carbonyl (C=O) groups excluding carboxylic acids is 3. The standard InChI is InChI=1S/C23H24N4O3/c24-17-5-4-15-11-26(9-8-14(15)10-17)12-16-2-1-3-18-19(16)13-27(23(18)30)20-6-7-21(28)25-22(20)29/h1-5,10,20H,6-9,11-13,24H2,(H,25,28,29). The van der Waals surface area contributed by atoms with Gasteiger partial charge in [-0.15, -0.1) is 0 Å². The van der Waals surface area contributed by atoms with E-state index in [4.69, 9.17) is 5.73 Å². The van der Waals surface area contributed by atoms with E-state index in [0.717, 1.165) is 42.9 Å². The molecule has 3 N–H and O–H groups in total. The summed E-state index contributed by atoms with van der Waals surface area (Å²) in [5.74, 6) is -0.769. The van der Waals surface area contributed by atoms with Crippen LogP contribution in [0.3, 0.4) is 0 Å². The highest BCUT2D eigenvalue weighted by molar-refractivity contribution is 6.05. The fraction of sp³-hybridized carbons (Fsp3) is 0.348. The van der Waals surface area contributed by atoms with Crippen LogP contribution in [-0.2, 0) is 35.6 Å². The molecule has 2 aromatic rings. The number of imide groups is 1. The number of fused-ring (bicyclic) bond motifs is 2. The van der Waals surface area contributed by atoms with Gasteiger partial charge in [0.2, 0.25) is 11.8 Å². The number of nitrogens with zero attached hydrogens (tertiary/aromatic N) is 2. The van der Waals surface area contributed by atoms with Gasteiger partial charge in [0.15, 0.2) is 0 Å². The van der Waals surface area contributed by atoms with Gasteiger partial charge in [0.25, 0.3) is 5.91 Å². The Morgan fingerprint density at radius 3 is 2.73 bits per heavy atom. The lowest BCUT2D eigenvalue weighted by Gasteiger charge is -2.30. The first-order valence-corrected chi connectivity index (χ1v) is 10.3. The van der Waals surface area contributed by atoms with Crippen LogP contribution in [0.15, 0.2) is 36.4 Å². The first-order valence-electron chi connectivity index (χ1n) is 10.3. The summed E-state index contributed by atoms with van der Waals surface area (Å²) in [6.45, 7) is 2.95. The SMILES string of the molecule is Nc1ccc2c(c1)CCN(Cc1cccc3c1CN(C1CCC(=O)NC1=O)C3=O)C2. The van der Waals surface area contributed by atoms with E-state index in [9.17, 15) is 14.4 Å². The molecule has 3 aliphatic heterocycles. The molecule has 0 spiro atoms. The van der Waals surface area contributed by atoms with Crippen molar-refractivity contribution < 1.29 is 14.4 Å². The normalized spacial score (nSPS) is 21.4. The zero-order valence-corrected chi connectivity index (χ0v) is 16.7. The molecule has 0 radical (unpaired) electrons. The Kier molecular flexibility index (Phi) is 4.55. The highest BCUT2D eigenvalue weighted by atomic mass is 16.2. The van der Waals surface area contributed by atoms with Gasteiger partial charge >= 0.3 is 0 Å². The minimum absolute atomic E-state index is 0.124. The largest absolute Gasteiger partial charge is 0.399 e. The molecule has 1 fully saturated rings. The molecule has 3 heterocycles. The zero-order chi connectivity index (χ0) is 20.8. The number of amides is 3. The van der Waals surface area contributed by atoms with Crippen molar-refractivity contribution in [1.82, 2.24) is 15.1 Å². The summed E-state index contributed by atoms with van der Waals surface area (Å²) >= 11 is 0. The van der Waals surface area contributed by atoms with Crippen molar-refractivity contribution in [3.63, 3.8) is 0 Å². The Bertz CT molecular complexity index is 1060. The number of nitrogens with two attached hydrogens (primary N) is 1. The summed E-state index contributed by atoms with van der Waals surface area (Å²) in [7, 11) is 0. The molecule has 30 heavy (non-hydrogen) atoms. The molecule has 0 aromatic heterocycles. The Balaban J connectivity index is 1.35. The highest BCUT2D eigenvalue weighted by Gasteiger charge is 2.39. The van der Waals surface area contributed by atoms with E-state index in [-0.39, 0.29) is 24.1 Å². The Labute approximate surface area is 174 Å². The van der Waals surface area contributed by atoms with E-state index in [1.165, 1.54) is 11.1 Å². The minimum Gasteiger partial charge on any atom is -0.399 e. The topological polar surface area (TPSA) is 95.7 Å². The van der Waals surface area contributed by atoms with E-state index in [1.54, 1.807) is 4.90 Å². The van der Waals surface area contributed by atoms with Crippen molar-refractivity contribution in [2.45, 2.75) is 44.9 Å². The van der Waals surface area contributed by atoms with Crippen LogP contribution < -0.4 is 11.1 Å². The van der Waals surface area contributed by atoms with E-state index in [2.05, 4.69) is 28.4 Å². The molecule has 7 nitrogen and oxygen atoms in total. The average molecular weight is 404 g/mol. The van der Waals surface area contributed by atoms with Crippen LogP contribution in [-0.4, -0.2) is 40.1 Å². The number of carbonyl (C=O) groups is 3. The summed E-state index contributed by atoms with van der Waals surface area (Å²) in [6, 6.07) is 11.3. The molecule has 1 atom stereocenters. The van der Waals surface area contributed by atoms with Crippen LogP contribution in [0.1, 0.15) is 45.5 Å². The summed E-state index contributed by atoms with van der Waals surface area (Å²) in [5, 5.41) is 2.36. The number of hydrogen-bond acceptors (Lipinski definition) is 5. The molecule has 0 aliphatic carbocycles. The van der Waals surface area contributed by atoms with Gasteiger partial charge in [-0.05, 0) is 53.3 Å². The summed E-state index contributed by atoms with van der Waals surface area (Å²) in [4.78, 5) is 40.8. The summed E-state index contributed by atoms with van der Waals surface area (Å²) < 4.78 is 0. The molecular formula is C23H24N4O3. The maximum absolute atomic E-state index is 13.0. The smallest absolute Gasteiger partial charge is 0.255 e. The van der Waals surface area contributed by atoms with Crippen molar-refractivity contribution in [3.05, 3.63) is 64.2 Å². The monoisotopic (exact) mass is 404 g/mol. The van der Waals surface area contributed by atoms with Gasteiger partial charge in [0.1, 0.15) is 6.04 Å². The van der Waals surface area contributed by atoms with Gasteiger partial charge in [-0.1, -0.05) is 18.2 Å². The molecule has 3 aliphatic rings. The molecule has 0 bridgehead atoms. The Morgan fingerprint density at radius 2 is 1.90 bits per heavy atom. The summed E-state index contributed by atoms with van der Waals surface area (Å²) in [6.07, 6.45) is 1.60. The van der Waals surface area contributed by atoms with Crippen molar-refractivity contribution in [2.24, 2.45) is 0 Å². The minimum atomic E-state index is -0.581. The highest BCUT2D eigenvalue weighted by Crippen LogP contribution is 2.31. The number of piperidine rings is 1. The van der Waals surface area contributed by atoms with Crippen LogP contribution >= 0.6 is 0 Å². The maximum atomic E-state index is 13.0. The molecule has 5 rings (SSSR count). The fourth-order valence-corrected chi connectivity index (χ4v) is 4.81. The number of anilines is 1. The molecule has 1 saturated heterocycles. The van der Waals surface area contributed by atoms with Gasteiger partial charge in [-0.2, -0.15) is 0 Å². The number of rotatable bonds is 3. The van der Waals surface area contributed by atoms with Crippen LogP contribution in [0.4, 0.5) is 5.69 Å². The number of hydrogen-bond donors (Lipinski definition) is 2. The van der Waals surface area contributed by atoms with Crippen molar-refractivity contribution >= 4 is 23.4 Å². The van der Waals surface area contributed by atoms with Gasteiger partial charge in [-0.3, -0.25) is 24.6 Å². The van der Waals surface area contributed by atoms with E-state index in [0.29, 0.717) is 18.5 Å². The van der Waals surface area contributed by atoms with Crippen LogP contribution in [0, 0.1) is 0 Å². The fourth-order valence-electron chi connectivity index (χ4n) is 4.81. The van der Waals surface area contributed by atoms with E-state index in [1.807, 2.05) is 18.2 Å². The lowest BCUT2D eigenvalue weighted by atomic mass is 9.97. The zero-order valence-electron chi connectivity index (χ0n) is 16.7. The first-order chi connectivity index (χ1) is 14.5. The summed E-state index contributed by atoms with van der Waals surface area (Å²) in [5.41, 5.74) is 12.1. The third-order valence-electron chi connectivity index (χ3n) is 6.39. The van der Waals surface area contributed by atoms with E-state index < -0.39 is 6.04 Å². The molecule has 3 amide bonds. The lowest BCUT2D eigenvalue weighted by molar-refractivity contribution is -0.136. The van der Waals surface area contributed by atoms with Crippen molar-refractivity contribution in [3.8, 4) is 0 Å². The number of nitrogens with one attached hydrogen (secondary N) is 1. The maximum Gasteiger partial charge on any atom is 0.255 e. The molecule has 7 heteroatoms. The average Bonchev–Trinajstić information content (AvgIpc) is 3.06. The van der Waals surface area contributed by atoms with Gasteiger partial charge in [0.05, 0.1) is 0 Å². The molecule has 2 aromatic carbocycles. The second kappa shape index (κ2) is 7.25. The predicted molar refractivity (Wildman–Crippen MR) is 111 cm³/mol. The van der Waals surface area contributed by atoms with Gasteiger partial charge in [-0.25, -0.2) is 0 Å². The second-order valence-corrected chi connectivity index (χ2v) is 8.33. The number of benzene rings is 2. The molecule has 0 saturated carbocycles. The number of nitrogen functional groups attached to an aromatic ring is 1. The third kappa shape index (κ3) is 3.25. The van der Waals surface area contributed by atoms with E-state index >= 15 is 0 Å². The van der Waals surface area contributed by atoms with Crippen molar-refractivity contribution in [1.29, 1.82) is 0 Å². The quantitative estimate of drug-likeness (QED) is 0.598. The predicted octanol–water partition coefficient (Wildman–Crippen LogP) is 1.59. The third-order valence-corrected chi connectivity index (χ3v) is 6.39. The van der Waals surface area contributed by atoms with Crippen LogP contribution in [0.2, 0.25) is 0 Å². The molecule has 154 valence electrons.